The van der Waals surface area contributed by atoms with Gasteiger partial charge in [0.2, 0.25) is 0 Å². The fourth-order valence-electron chi connectivity index (χ4n) is 2.51. The van der Waals surface area contributed by atoms with E-state index in [0.717, 1.165) is 10.9 Å². The summed E-state index contributed by atoms with van der Waals surface area (Å²) in [7, 11) is 0. The van der Waals surface area contributed by atoms with Crippen molar-refractivity contribution in [3.63, 3.8) is 0 Å². The van der Waals surface area contributed by atoms with Crippen LogP contribution in [0.2, 0.25) is 0 Å². The lowest BCUT2D eigenvalue weighted by molar-refractivity contribution is 0.573. The van der Waals surface area contributed by atoms with E-state index in [9.17, 15) is 0 Å². The van der Waals surface area contributed by atoms with Crippen molar-refractivity contribution < 1.29 is 0 Å². The van der Waals surface area contributed by atoms with Crippen molar-refractivity contribution in [3.8, 4) is 0 Å². The van der Waals surface area contributed by atoms with Gasteiger partial charge in [0.25, 0.3) is 0 Å². The standard InChI is InChI=1S/C17H18N2S/c1-2-20-17-18-15(13-9-5-3-6-10-13)16(19-17)14-11-7-4-8-12-14/h3-12,15-16H,2H2,1H3,(H,18,19)/t15-,16+. The Labute approximate surface area is 124 Å². The molecule has 1 heterocycles. The van der Waals surface area contributed by atoms with Gasteiger partial charge < -0.3 is 5.32 Å². The van der Waals surface area contributed by atoms with Crippen molar-refractivity contribution in [1.82, 2.24) is 5.32 Å². The van der Waals surface area contributed by atoms with E-state index in [2.05, 4.69) is 72.9 Å². The van der Waals surface area contributed by atoms with Crippen molar-refractivity contribution in [2.45, 2.75) is 19.0 Å². The molecule has 0 radical (unpaired) electrons. The normalized spacial score (nSPS) is 21.4. The molecule has 2 atom stereocenters. The summed E-state index contributed by atoms with van der Waals surface area (Å²) in [5.74, 6) is 1.04. The zero-order valence-corrected chi connectivity index (χ0v) is 12.3. The molecule has 2 aromatic rings. The summed E-state index contributed by atoms with van der Waals surface area (Å²) in [5.41, 5.74) is 2.55. The number of nitrogens with zero attached hydrogens (tertiary/aromatic N) is 1. The average molecular weight is 282 g/mol. The molecule has 0 aromatic heterocycles. The van der Waals surface area contributed by atoms with Crippen LogP contribution in [-0.4, -0.2) is 10.9 Å². The number of rotatable bonds is 3. The monoisotopic (exact) mass is 282 g/mol. The van der Waals surface area contributed by atoms with Gasteiger partial charge in [-0.05, 0) is 16.9 Å². The molecule has 2 nitrogen and oxygen atoms in total. The Kier molecular flexibility index (Phi) is 4.07. The number of hydrogen-bond donors (Lipinski definition) is 1. The molecule has 102 valence electrons. The summed E-state index contributed by atoms with van der Waals surface area (Å²) in [4.78, 5) is 4.87. The maximum Gasteiger partial charge on any atom is 0.157 e. The predicted molar refractivity (Wildman–Crippen MR) is 87.1 cm³/mol. The first-order valence-electron chi connectivity index (χ1n) is 6.95. The summed E-state index contributed by atoms with van der Waals surface area (Å²) in [6.45, 7) is 2.15. The third kappa shape index (κ3) is 2.73. The van der Waals surface area contributed by atoms with Gasteiger partial charge in [-0.3, -0.25) is 4.99 Å². The molecule has 0 aliphatic carbocycles. The highest BCUT2D eigenvalue weighted by Crippen LogP contribution is 2.37. The third-order valence-electron chi connectivity index (χ3n) is 3.43. The lowest BCUT2D eigenvalue weighted by Gasteiger charge is -2.19. The zero-order valence-electron chi connectivity index (χ0n) is 11.5. The SMILES string of the molecule is CCSC1=N[C@@H](c2ccccc2)[C@@H](c2ccccc2)N1. The summed E-state index contributed by atoms with van der Waals surface area (Å²) >= 11 is 1.77. The molecule has 2 aromatic carbocycles. The fraction of sp³-hybridized carbons (Fsp3) is 0.235. The fourth-order valence-corrected chi connectivity index (χ4v) is 3.18. The topological polar surface area (TPSA) is 24.4 Å². The van der Waals surface area contributed by atoms with E-state index in [1.165, 1.54) is 11.1 Å². The smallest absolute Gasteiger partial charge is 0.157 e. The summed E-state index contributed by atoms with van der Waals surface area (Å²) in [6.07, 6.45) is 0. The van der Waals surface area contributed by atoms with Gasteiger partial charge >= 0.3 is 0 Å². The molecule has 0 amide bonds. The van der Waals surface area contributed by atoms with Crippen LogP contribution in [0.3, 0.4) is 0 Å². The van der Waals surface area contributed by atoms with Crippen molar-refractivity contribution >= 4 is 16.9 Å². The van der Waals surface area contributed by atoms with Gasteiger partial charge in [0.05, 0.1) is 6.04 Å². The molecular formula is C17H18N2S. The van der Waals surface area contributed by atoms with Crippen LogP contribution in [0.25, 0.3) is 0 Å². The quantitative estimate of drug-likeness (QED) is 0.913. The number of amidine groups is 1. The highest BCUT2D eigenvalue weighted by atomic mass is 32.2. The maximum atomic E-state index is 4.87. The van der Waals surface area contributed by atoms with Crippen molar-refractivity contribution in [2.75, 3.05) is 5.75 Å². The molecule has 0 saturated carbocycles. The number of nitrogens with one attached hydrogen (secondary N) is 1. The third-order valence-corrected chi connectivity index (χ3v) is 4.22. The van der Waals surface area contributed by atoms with Gasteiger partial charge in [0.1, 0.15) is 6.04 Å². The Balaban J connectivity index is 1.93. The number of aliphatic imine (C=N–C) groups is 1. The van der Waals surface area contributed by atoms with Crippen LogP contribution in [0.5, 0.6) is 0 Å². The van der Waals surface area contributed by atoms with Crippen molar-refractivity contribution in [2.24, 2.45) is 4.99 Å². The van der Waals surface area contributed by atoms with Gasteiger partial charge in [0.15, 0.2) is 5.17 Å². The second kappa shape index (κ2) is 6.14. The molecule has 3 heteroatoms. The van der Waals surface area contributed by atoms with Gasteiger partial charge in [-0.1, -0.05) is 79.3 Å². The minimum Gasteiger partial charge on any atom is -0.356 e. The lowest BCUT2D eigenvalue weighted by Crippen LogP contribution is -2.22. The Morgan fingerprint density at radius 2 is 1.55 bits per heavy atom. The molecule has 0 bridgehead atoms. The number of benzene rings is 2. The van der Waals surface area contributed by atoms with E-state index in [-0.39, 0.29) is 12.1 Å². The van der Waals surface area contributed by atoms with Gasteiger partial charge in [0, 0.05) is 0 Å². The molecule has 0 fully saturated rings. The number of thioether (sulfide) groups is 1. The van der Waals surface area contributed by atoms with E-state index in [0.29, 0.717) is 0 Å². The van der Waals surface area contributed by atoms with Crippen LogP contribution in [0.1, 0.15) is 30.1 Å². The molecule has 1 aliphatic rings. The van der Waals surface area contributed by atoms with Crippen molar-refractivity contribution in [1.29, 1.82) is 0 Å². The zero-order chi connectivity index (χ0) is 13.8. The minimum atomic E-state index is 0.160. The van der Waals surface area contributed by atoms with E-state index in [4.69, 9.17) is 4.99 Å². The Bertz CT molecular complexity index is 580. The van der Waals surface area contributed by atoms with E-state index >= 15 is 0 Å². The van der Waals surface area contributed by atoms with Crippen molar-refractivity contribution in [3.05, 3.63) is 71.8 Å². The van der Waals surface area contributed by atoms with E-state index in [1.807, 2.05) is 0 Å². The average Bonchev–Trinajstić information content (AvgIpc) is 2.93. The second-order valence-electron chi connectivity index (χ2n) is 4.76. The summed E-state index contributed by atoms with van der Waals surface area (Å²) in [6, 6.07) is 21.5. The molecular weight excluding hydrogens is 264 g/mol. The van der Waals surface area contributed by atoms with E-state index < -0.39 is 0 Å². The second-order valence-corrected chi connectivity index (χ2v) is 6.01. The van der Waals surface area contributed by atoms with Crippen LogP contribution in [0.4, 0.5) is 0 Å². The molecule has 0 spiro atoms. The molecule has 3 rings (SSSR count). The Morgan fingerprint density at radius 3 is 2.15 bits per heavy atom. The summed E-state index contributed by atoms with van der Waals surface area (Å²) < 4.78 is 0. The highest BCUT2D eigenvalue weighted by Gasteiger charge is 2.30. The van der Waals surface area contributed by atoms with Crippen LogP contribution in [0, 0.1) is 0 Å². The minimum absolute atomic E-state index is 0.160. The first-order chi connectivity index (χ1) is 9.88. The molecule has 0 unspecified atom stereocenters. The van der Waals surface area contributed by atoms with E-state index in [1.54, 1.807) is 11.8 Å². The summed E-state index contributed by atoms with van der Waals surface area (Å²) in [5, 5.41) is 4.62. The van der Waals surface area contributed by atoms with Gasteiger partial charge in [-0.15, -0.1) is 0 Å². The molecule has 1 aliphatic heterocycles. The predicted octanol–water partition coefficient (Wildman–Crippen LogP) is 4.18. The molecule has 0 saturated heterocycles. The van der Waals surface area contributed by atoms with Gasteiger partial charge in [-0.2, -0.15) is 0 Å². The first kappa shape index (κ1) is 13.3. The molecule has 1 N–H and O–H groups in total. The highest BCUT2D eigenvalue weighted by molar-refractivity contribution is 8.13. The molecule has 20 heavy (non-hydrogen) atoms. The first-order valence-corrected chi connectivity index (χ1v) is 7.94. The lowest BCUT2D eigenvalue weighted by atomic mass is 9.95. The number of hydrogen-bond acceptors (Lipinski definition) is 3. The Morgan fingerprint density at radius 1 is 0.950 bits per heavy atom. The Hall–Kier alpha value is -1.74. The van der Waals surface area contributed by atoms with Crippen LogP contribution < -0.4 is 5.32 Å². The van der Waals surface area contributed by atoms with Crippen LogP contribution in [0.15, 0.2) is 65.7 Å². The van der Waals surface area contributed by atoms with Crippen LogP contribution >= 0.6 is 11.8 Å². The van der Waals surface area contributed by atoms with Gasteiger partial charge in [-0.25, -0.2) is 0 Å². The maximum absolute atomic E-state index is 4.87. The largest absolute Gasteiger partial charge is 0.356 e. The van der Waals surface area contributed by atoms with Crippen LogP contribution in [-0.2, 0) is 0 Å².